The van der Waals surface area contributed by atoms with E-state index in [0.717, 1.165) is 23.1 Å². The van der Waals surface area contributed by atoms with Gasteiger partial charge in [0.1, 0.15) is 5.60 Å². The standard InChI is InChI=1S/C24H27Cl2NO4/c1-24(2,3)31-23(29)27(4)21-11-9-16(14-7-10-19(25)20(26)13-14)17-8-6-15(12-18(17)21)22(28)30-5/h6-8,10,12-13,16,21H,9,11H2,1-5H3. The van der Waals surface area contributed by atoms with E-state index in [-0.39, 0.29) is 12.0 Å². The second kappa shape index (κ2) is 9.09. The average molecular weight is 464 g/mol. The minimum absolute atomic E-state index is 0.0692. The molecular formula is C24H27Cl2NO4. The molecule has 2 atom stereocenters. The van der Waals surface area contributed by atoms with Gasteiger partial charge in [0, 0.05) is 13.0 Å². The lowest BCUT2D eigenvalue weighted by molar-refractivity contribution is 0.0202. The van der Waals surface area contributed by atoms with Crippen molar-refractivity contribution in [2.75, 3.05) is 14.2 Å². The Morgan fingerprint density at radius 1 is 1.00 bits per heavy atom. The zero-order valence-corrected chi connectivity index (χ0v) is 19.9. The van der Waals surface area contributed by atoms with Gasteiger partial charge in [-0.1, -0.05) is 35.3 Å². The van der Waals surface area contributed by atoms with Gasteiger partial charge in [0.05, 0.1) is 28.8 Å². The van der Waals surface area contributed by atoms with E-state index in [2.05, 4.69) is 0 Å². The van der Waals surface area contributed by atoms with Crippen LogP contribution in [0.15, 0.2) is 36.4 Å². The first-order valence-corrected chi connectivity index (χ1v) is 10.9. The SMILES string of the molecule is COC(=O)c1ccc2c(c1)C(N(C)C(=O)OC(C)(C)C)CCC2c1ccc(Cl)c(Cl)c1. The first-order valence-electron chi connectivity index (χ1n) is 10.1. The van der Waals surface area contributed by atoms with Crippen molar-refractivity contribution >= 4 is 35.3 Å². The summed E-state index contributed by atoms with van der Waals surface area (Å²) in [7, 11) is 3.08. The number of methoxy groups -OCH3 is 1. The van der Waals surface area contributed by atoms with Crippen LogP contribution in [0.2, 0.25) is 10.0 Å². The van der Waals surface area contributed by atoms with E-state index in [1.54, 1.807) is 24.1 Å². The van der Waals surface area contributed by atoms with E-state index >= 15 is 0 Å². The van der Waals surface area contributed by atoms with Crippen LogP contribution in [0.3, 0.4) is 0 Å². The molecule has 2 aromatic rings. The van der Waals surface area contributed by atoms with Crippen LogP contribution < -0.4 is 0 Å². The molecule has 0 aromatic heterocycles. The molecule has 3 rings (SSSR count). The summed E-state index contributed by atoms with van der Waals surface area (Å²) >= 11 is 12.4. The largest absolute Gasteiger partial charge is 0.465 e. The lowest BCUT2D eigenvalue weighted by Gasteiger charge is -2.37. The molecule has 0 heterocycles. The van der Waals surface area contributed by atoms with Crippen LogP contribution in [0.1, 0.15) is 72.6 Å². The van der Waals surface area contributed by atoms with Crippen molar-refractivity contribution in [3.63, 3.8) is 0 Å². The van der Waals surface area contributed by atoms with Crippen LogP contribution in [0.5, 0.6) is 0 Å². The number of hydrogen-bond acceptors (Lipinski definition) is 4. The van der Waals surface area contributed by atoms with E-state index < -0.39 is 17.7 Å². The zero-order chi connectivity index (χ0) is 22.9. The number of amides is 1. The van der Waals surface area contributed by atoms with Crippen LogP contribution in [-0.2, 0) is 9.47 Å². The van der Waals surface area contributed by atoms with Gasteiger partial charge < -0.3 is 14.4 Å². The Labute approximate surface area is 193 Å². The van der Waals surface area contributed by atoms with Crippen molar-refractivity contribution < 1.29 is 19.1 Å². The normalized spacial score (nSPS) is 18.2. The van der Waals surface area contributed by atoms with Crippen LogP contribution in [0.4, 0.5) is 4.79 Å². The third-order valence-electron chi connectivity index (χ3n) is 5.47. The molecule has 0 fully saturated rings. The smallest absolute Gasteiger partial charge is 0.410 e. The number of halogens is 2. The number of fused-ring (bicyclic) bond motifs is 1. The quantitative estimate of drug-likeness (QED) is 0.480. The maximum absolute atomic E-state index is 12.8. The number of rotatable bonds is 3. The summed E-state index contributed by atoms with van der Waals surface area (Å²) < 4.78 is 10.5. The molecule has 0 radical (unpaired) electrons. The van der Waals surface area contributed by atoms with Crippen LogP contribution in [0, 0.1) is 0 Å². The van der Waals surface area contributed by atoms with Crippen LogP contribution in [0.25, 0.3) is 0 Å². The molecule has 7 heteroatoms. The summed E-state index contributed by atoms with van der Waals surface area (Å²) in [5.41, 5.74) is 2.83. The maximum Gasteiger partial charge on any atom is 0.410 e. The summed E-state index contributed by atoms with van der Waals surface area (Å²) in [6.45, 7) is 5.51. The Morgan fingerprint density at radius 2 is 1.71 bits per heavy atom. The van der Waals surface area contributed by atoms with E-state index in [1.165, 1.54) is 7.11 Å². The highest BCUT2D eigenvalue weighted by atomic mass is 35.5. The number of carbonyl (C=O) groups is 2. The Hall–Kier alpha value is -2.24. The maximum atomic E-state index is 12.8. The van der Waals surface area contributed by atoms with Gasteiger partial charge in [-0.05, 0) is 74.6 Å². The Bertz CT molecular complexity index is 1000. The molecule has 0 N–H and O–H groups in total. The number of esters is 1. The summed E-state index contributed by atoms with van der Waals surface area (Å²) in [6, 6.07) is 10.9. The number of benzene rings is 2. The van der Waals surface area contributed by atoms with Crippen molar-refractivity contribution in [1.82, 2.24) is 4.90 Å². The van der Waals surface area contributed by atoms with E-state index in [1.807, 2.05) is 45.0 Å². The number of ether oxygens (including phenoxy) is 2. The summed E-state index contributed by atoms with van der Waals surface area (Å²) in [5, 5.41) is 1.00. The molecule has 1 aliphatic rings. The predicted octanol–water partition coefficient (Wildman–Crippen LogP) is 6.61. The van der Waals surface area contributed by atoms with Crippen molar-refractivity contribution in [2.24, 2.45) is 0 Å². The van der Waals surface area contributed by atoms with Gasteiger partial charge in [0.15, 0.2) is 0 Å². The number of nitrogens with zero attached hydrogens (tertiary/aromatic N) is 1. The molecule has 2 aromatic carbocycles. The monoisotopic (exact) mass is 463 g/mol. The van der Waals surface area contributed by atoms with Crippen molar-refractivity contribution in [2.45, 2.75) is 51.2 Å². The van der Waals surface area contributed by atoms with Gasteiger partial charge in [-0.3, -0.25) is 0 Å². The van der Waals surface area contributed by atoms with Gasteiger partial charge in [-0.25, -0.2) is 9.59 Å². The molecule has 0 bridgehead atoms. The summed E-state index contributed by atoms with van der Waals surface area (Å²) in [6.07, 6.45) is 1.11. The number of carbonyl (C=O) groups excluding carboxylic acids is 2. The highest BCUT2D eigenvalue weighted by molar-refractivity contribution is 6.42. The summed E-state index contributed by atoms with van der Waals surface area (Å²) in [4.78, 5) is 26.5. The second-order valence-corrected chi connectivity index (χ2v) is 9.56. The van der Waals surface area contributed by atoms with Crippen molar-refractivity contribution in [3.8, 4) is 0 Å². The first kappa shape index (κ1) is 23.4. The van der Waals surface area contributed by atoms with Crippen molar-refractivity contribution in [1.29, 1.82) is 0 Å². The molecule has 166 valence electrons. The third-order valence-corrected chi connectivity index (χ3v) is 6.21. The van der Waals surface area contributed by atoms with Gasteiger partial charge in [-0.15, -0.1) is 0 Å². The molecule has 0 saturated carbocycles. The molecule has 0 aliphatic heterocycles. The van der Waals surface area contributed by atoms with E-state index in [9.17, 15) is 9.59 Å². The molecule has 1 amide bonds. The fourth-order valence-electron chi connectivity index (χ4n) is 4.00. The zero-order valence-electron chi connectivity index (χ0n) is 18.4. The minimum atomic E-state index is -0.598. The molecule has 5 nitrogen and oxygen atoms in total. The van der Waals surface area contributed by atoms with Gasteiger partial charge in [0.2, 0.25) is 0 Å². The predicted molar refractivity (Wildman–Crippen MR) is 122 cm³/mol. The van der Waals surface area contributed by atoms with Crippen LogP contribution >= 0.6 is 23.2 Å². The topological polar surface area (TPSA) is 55.8 Å². The highest BCUT2D eigenvalue weighted by Crippen LogP contribution is 2.45. The molecular weight excluding hydrogens is 437 g/mol. The molecule has 0 spiro atoms. The van der Waals surface area contributed by atoms with Gasteiger partial charge in [-0.2, -0.15) is 0 Å². The second-order valence-electron chi connectivity index (χ2n) is 8.75. The fourth-order valence-corrected chi connectivity index (χ4v) is 4.31. The van der Waals surface area contributed by atoms with E-state index in [4.69, 9.17) is 32.7 Å². The summed E-state index contributed by atoms with van der Waals surface area (Å²) in [5.74, 6) is -0.349. The minimum Gasteiger partial charge on any atom is -0.465 e. The third kappa shape index (κ3) is 5.16. The number of hydrogen-bond donors (Lipinski definition) is 0. The van der Waals surface area contributed by atoms with Crippen molar-refractivity contribution in [3.05, 3.63) is 68.7 Å². The molecule has 31 heavy (non-hydrogen) atoms. The molecule has 0 saturated heterocycles. The van der Waals surface area contributed by atoms with Gasteiger partial charge >= 0.3 is 12.1 Å². The Balaban J connectivity index is 2.04. The molecule has 2 unspecified atom stereocenters. The Kier molecular flexibility index (Phi) is 6.87. The van der Waals surface area contributed by atoms with E-state index in [0.29, 0.717) is 22.0 Å². The van der Waals surface area contributed by atoms with Crippen LogP contribution in [-0.4, -0.2) is 36.7 Å². The first-order chi connectivity index (χ1) is 14.5. The van der Waals surface area contributed by atoms with Gasteiger partial charge in [0.25, 0.3) is 0 Å². The fraction of sp³-hybridized carbons (Fsp3) is 0.417. The lowest BCUT2D eigenvalue weighted by atomic mass is 9.76. The molecule has 1 aliphatic carbocycles. The lowest BCUT2D eigenvalue weighted by Crippen LogP contribution is -2.38. The Morgan fingerprint density at radius 3 is 2.32 bits per heavy atom. The average Bonchev–Trinajstić information content (AvgIpc) is 2.72. The highest BCUT2D eigenvalue weighted by Gasteiger charge is 2.34.